The Balaban J connectivity index is 1.77. The Hall–Kier alpha value is -1.59. The van der Waals surface area contributed by atoms with Crippen LogP contribution < -0.4 is 10.2 Å². The average molecular weight is 277 g/mol. The topological polar surface area (TPSA) is 44.8 Å². The van der Waals surface area contributed by atoms with Gasteiger partial charge in [-0.25, -0.2) is 5.01 Å². The number of piperazine rings is 1. The highest BCUT2D eigenvalue weighted by Gasteiger charge is 2.15. The van der Waals surface area contributed by atoms with Crippen LogP contribution in [0.5, 0.6) is 5.75 Å². The summed E-state index contributed by atoms with van der Waals surface area (Å²) in [5, 5.41) is 1.95. The fourth-order valence-corrected chi connectivity index (χ4v) is 2.29. The number of hydrazine groups is 1. The molecule has 1 N–H and O–H groups in total. The van der Waals surface area contributed by atoms with E-state index in [9.17, 15) is 4.79 Å². The minimum absolute atomic E-state index is 0.0508. The summed E-state index contributed by atoms with van der Waals surface area (Å²) in [6.07, 6.45) is 0. The first-order valence-corrected chi connectivity index (χ1v) is 6.97. The molecule has 110 valence electrons. The molecule has 1 aromatic carbocycles. The third-order valence-corrected chi connectivity index (χ3v) is 3.35. The largest absolute Gasteiger partial charge is 0.484 e. The molecule has 0 aromatic heterocycles. The third-order valence-electron chi connectivity index (χ3n) is 3.35. The van der Waals surface area contributed by atoms with Crippen LogP contribution in [0, 0.1) is 13.8 Å². The van der Waals surface area contributed by atoms with Crippen molar-refractivity contribution in [3.63, 3.8) is 0 Å². The monoisotopic (exact) mass is 277 g/mol. The van der Waals surface area contributed by atoms with E-state index < -0.39 is 0 Å². The summed E-state index contributed by atoms with van der Waals surface area (Å²) in [5.74, 6) is 0.643. The van der Waals surface area contributed by atoms with Gasteiger partial charge < -0.3 is 9.64 Å². The van der Waals surface area contributed by atoms with E-state index in [0.717, 1.165) is 43.1 Å². The Morgan fingerprint density at radius 2 is 1.75 bits per heavy atom. The van der Waals surface area contributed by atoms with Crippen LogP contribution in [0.15, 0.2) is 18.2 Å². The van der Waals surface area contributed by atoms with Gasteiger partial charge in [-0.2, -0.15) is 0 Å². The number of hydrogen-bond acceptors (Lipinski definition) is 4. The van der Waals surface area contributed by atoms with Crippen molar-refractivity contribution in [2.45, 2.75) is 13.8 Å². The second kappa shape index (κ2) is 6.72. The predicted molar refractivity (Wildman–Crippen MR) is 78.6 cm³/mol. The molecule has 1 aromatic rings. The second-order valence-corrected chi connectivity index (χ2v) is 5.44. The molecule has 0 spiro atoms. The van der Waals surface area contributed by atoms with Crippen LogP contribution in [-0.2, 0) is 4.79 Å². The van der Waals surface area contributed by atoms with Gasteiger partial charge in [0, 0.05) is 26.2 Å². The molecule has 1 fully saturated rings. The van der Waals surface area contributed by atoms with Crippen LogP contribution >= 0.6 is 0 Å². The standard InChI is InChI=1S/C15H23N3O2/c1-12-8-13(2)10-14(9-12)20-11-15(19)16-18-6-4-17(3)5-7-18/h8-10H,4-7,11H2,1-3H3,(H,16,19). The van der Waals surface area contributed by atoms with Gasteiger partial charge in [0.05, 0.1) is 0 Å². The summed E-state index contributed by atoms with van der Waals surface area (Å²) >= 11 is 0. The molecule has 0 bridgehead atoms. The Kier molecular flexibility index (Phi) is 4.98. The summed E-state index contributed by atoms with van der Waals surface area (Å²) < 4.78 is 5.54. The highest BCUT2D eigenvalue weighted by Crippen LogP contribution is 2.15. The van der Waals surface area contributed by atoms with Crippen molar-refractivity contribution >= 4 is 5.91 Å². The van der Waals surface area contributed by atoms with Crippen LogP contribution in [-0.4, -0.2) is 55.6 Å². The molecule has 0 atom stereocenters. The highest BCUT2D eigenvalue weighted by molar-refractivity contribution is 5.77. The zero-order valence-electron chi connectivity index (χ0n) is 12.5. The molecule has 1 heterocycles. The maximum absolute atomic E-state index is 11.8. The molecule has 1 aliphatic heterocycles. The smallest absolute Gasteiger partial charge is 0.272 e. The number of carbonyl (C=O) groups excluding carboxylic acids is 1. The number of nitrogens with one attached hydrogen (secondary N) is 1. The van der Waals surface area contributed by atoms with Crippen molar-refractivity contribution in [1.29, 1.82) is 0 Å². The fraction of sp³-hybridized carbons (Fsp3) is 0.533. The number of carbonyl (C=O) groups is 1. The summed E-state index contributed by atoms with van der Waals surface area (Å²) in [5.41, 5.74) is 5.16. The lowest BCUT2D eigenvalue weighted by Crippen LogP contribution is -2.53. The number of rotatable bonds is 4. The van der Waals surface area contributed by atoms with Gasteiger partial charge in [-0.1, -0.05) is 6.07 Å². The zero-order chi connectivity index (χ0) is 14.5. The summed E-state index contributed by atoms with van der Waals surface area (Å²) in [7, 11) is 2.09. The van der Waals surface area contributed by atoms with Crippen LogP contribution in [0.4, 0.5) is 0 Å². The maximum Gasteiger partial charge on any atom is 0.272 e. The van der Waals surface area contributed by atoms with Gasteiger partial charge >= 0.3 is 0 Å². The normalized spacial score (nSPS) is 16.9. The van der Waals surface area contributed by atoms with Crippen LogP contribution in [0.3, 0.4) is 0 Å². The number of aryl methyl sites for hydroxylation is 2. The van der Waals surface area contributed by atoms with E-state index in [1.165, 1.54) is 0 Å². The van der Waals surface area contributed by atoms with E-state index in [0.29, 0.717) is 0 Å². The van der Waals surface area contributed by atoms with Crippen molar-refractivity contribution in [3.8, 4) is 5.75 Å². The molecule has 0 saturated carbocycles. The summed E-state index contributed by atoms with van der Waals surface area (Å²) in [6, 6.07) is 5.96. The van der Waals surface area contributed by atoms with Gasteiger partial charge in [-0.3, -0.25) is 10.2 Å². The van der Waals surface area contributed by atoms with Crippen LogP contribution in [0.2, 0.25) is 0 Å². The minimum atomic E-state index is -0.103. The molecule has 2 rings (SSSR count). The molecule has 20 heavy (non-hydrogen) atoms. The first-order chi connectivity index (χ1) is 9.52. The Morgan fingerprint density at radius 1 is 1.15 bits per heavy atom. The first-order valence-electron chi connectivity index (χ1n) is 6.97. The molecule has 0 unspecified atom stereocenters. The van der Waals surface area contributed by atoms with Crippen molar-refractivity contribution in [2.24, 2.45) is 0 Å². The maximum atomic E-state index is 11.8. The van der Waals surface area contributed by atoms with Crippen molar-refractivity contribution in [2.75, 3.05) is 39.8 Å². The quantitative estimate of drug-likeness (QED) is 0.890. The van der Waals surface area contributed by atoms with E-state index in [-0.39, 0.29) is 12.5 Å². The van der Waals surface area contributed by atoms with E-state index in [2.05, 4.69) is 23.4 Å². The minimum Gasteiger partial charge on any atom is -0.484 e. The van der Waals surface area contributed by atoms with Gasteiger partial charge in [0.1, 0.15) is 5.75 Å². The molecular formula is C15H23N3O2. The molecule has 5 heteroatoms. The number of nitrogens with zero attached hydrogens (tertiary/aromatic N) is 2. The van der Waals surface area contributed by atoms with Crippen LogP contribution in [0.25, 0.3) is 0 Å². The Bertz CT molecular complexity index is 448. The van der Waals surface area contributed by atoms with Gasteiger partial charge in [0.15, 0.2) is 6.61 Å². The number of hydrogen-bond donors (Lipinski definition) is 1. The second-order valence-electron chi connectivity index (χ2n) is 5.44. The lowest BCUT2D eigenvalue weighted by atomic mass is 10.1. The van der Waals surface area contributed by atoms with E-state index >= 15 is 0 Å². The third kappa shape index (κ3) is 4.51. The highest BCUT2D eigenvalue weighted by atomic mass is 16.5. The lowest BCUT2D eigenvalue weighted by Gasteiger charge is -2.32. The Morgan fingerprint density at radius 3 is 2.35 bits per heavy atom. The summed E-state index contributed by atoms with van der Waals surface area (Å²) in [4.78, 5) is 14.1. The molecule has 1 amide bonds. The van der Waals surface area contributed by atoms with Crippen molar-refractivity contribution in [1.82, 2.24) is 15.3 Å². The molecule has 1 saturated heterocycles. The summed E-state index contributed by atoms with van der Waals surface area (Å²) in [6.45, 7) is 7.73. The van der Waals surface area contributed by atoms with Crippen molar-refractivity contribution in [3.05, 3.63) is 29.3 Å². The molecular weight excluding hydrogens is 254 g/mol. The molecule has 5 nitrogen and oxygen atoms in total. The molecule has 0 radical (unpaired) electrons. The zero-order valence-corrected chi connectivity index (χ0v) is 12.5. The molecule has 0 aliphatic carbocycles. The average Bonchev–Trinajstić information content (AvgIpc) is 2.38. The van der Waals surface area contributed by atoms with E-state index in [4.69, 9.17) is 4.74 Å². The fourth-order valence-electron chi connectivity index (χ4n) is 2.29. The first kappa shape index (κ1) is 14.8. The SMILES string of the molecule is Cc1cc(C)cc(OCC(=O)NN2CCN(C)CC2)c1. The number of ether oxygens (including phenoxy) is 1. The van der Waals surface area contributed by atoms with E-state index in [1.54, 1.807) is 0 Å². The predicted octanol–water partition coefficient (Wildman–Crippen LogP) is 0.961. The van der Waals surface area contributed by atoms with Crippen LogP contribution in [0.1, 0.15) is 11.1 Å². The van der Waals surface area contributed by atoms with E-state index in [1.807, 2.05) is 31.0 Å². The number of amides is 1. The number of benzene rings is 1. The Labute approximate surface area is 120 Å². The van der Waals surface area contributed by atoms with Gasteiger partial charge in [0.2, 0.25) is 0 Å². The molecule has 1 aliphatic rings. The van der Waals surface area contributed by atoms with Gasteiger partial charge in [-0.05, 0) is 44.2 Å². The number of likely N-dealkylation sites (N-methyl/N-ethyl adjacent to an activating group) is 1. The lowest BCUT2D eigenvalue weighted by molar-refractivity contribution is -0.128. The van der Waals surface area contributed by atoms with Gasteiger partial charge in [-0.15, -0.1) is 0 Å². The van der Waals surface area contributed by atoms with Crippen molar-refractivity contribution < 1.29 is 9.53 Å². The van der Waals surface area contributed by atoms with Gasteiger partial charge in [0.25, 0.3) is 5.91 Å².